The summed E-state index contributed by atoms with van der Waals surface area (Å²) in [5, 5.41) is 120. The first-order valence-corrected chi connectivity index (χ1v) is 15.9. The van der Waals surface area contributed by atoms with E-state index in [2.05, 4.69) is 10.6 Å². The molecule has 0 aromatic rings. The van der Waals surface area contributed by atoms with Crippen LogP contribution in [0.1, 0.15) is 20.8 Å². The van der Waals surface area contributed by atoms with Gasteiger partial charge in [0.2, 0.25) is 11.8 Å². The van der Waals surface area contributed by atoms with Gasteiger partial charge in [0, 0.05) is 13.8 Å². The number of aliphatic hydroxyl groups is 11. The second-order valence-corrected chi connectivity index (χ2v) is 12.6. The summed E-state index contributed by atoms with van der Waals surface area (Å²) in [6.07, 6.45) is -30.6. The second kappa shape index (κ2) is 17.4. The minimum atomic E-state index is -1.95. The molecule has 0 aliphatic carbocycles. The van der Waals surface area contributed by atoms with E-state index in [-0.39, 0.29) is 0 Å². The Morgan fingerprint density at radius 1 is 0.520 bits per heavy atom. The van der Waals surface area contributed by atoms with Crippen molar-refractivity contribution in [3.8, 4) is 0 Å². The predicted molar refractivity (Wildman–Crippen MR) is 156 cm³/mol. The Morgan fingerprint density at radius 2 is 0.980 bits per heavy atom. The van der Waals surface area contributed by atoms with Crippen LogP contribution in [0, 0.1) is 0 Å². The summed E-state index contributed by atoms with van der Waals surface area (Å²) >= 11 is 0. The van der Waals surface area contributed by atoms with Gasteiger partial charge in [0.25, 0.3) is 0 Å². The normalized spacial score (nSPS) is 48.5. The predicted octanol–water partition coefficient (Wildman–Crippen LogP) is -8.43. The monoisotopic (exact) mass is 732 g/mol. The maximum Gasteiger partial charge on any atom is 0.217 e. The average molecular weight is 733 g/mol. The molecule has 4 fully saturated rings. The van der Waals surface area contributed by atoms with Gasteiger partial charge >= 0.3 is 0 Å². The molecule has 290 valence electrons. The molecular formula is C28H48N2O20. The van der Waals surface area contributed by atoms with Gasteiger partial charge in [-0.25, -0.2) is 0 Å². The van der Waals surface area contributed by atoms with Crippen LogP contribution < -0.4 is 10.6 Å². The average Bonchev–Trinajstić information content (AvgIpc) is 3.06. The van der Waals surface area contributed by atoms with Gasteiger partial charge in [0.05, 0.1) is 25.9 Å². The molecule has 1 unspecified atom stereocenters. The summed E-state index contributed by atoms with van der Waals surface area (Å²) in [5.74, 6) is -1.44. The highest BCUT2D eigenvalue weighted by Gasteiger charge is 2.56. The number of hydrogen-bond acceptors (Lipinski definition) is 20. The molecule has 0 spiro atoms. The lowest BCUT2D eigenvalue weighted by atomic mass is 9.93. The van der Waals surface area contributed by atoms with Crippen LogP contribution in [0.3, 0.4) is 0 Å². The highest BCUT2D eigenvalue weighted by molar-refractivity contribution is 5.73. The largest absolute Gasteiger partial charge is 0.394 e. The Labute approximate surface area is 285 Å². The molecule has 50 heavy (non-hydrogen) atoms. The second-order valence-electron chi connectivity index (χ2n) is 12.6. The summed E-state index contributed by atoms with van der Waals surface area (Å²) in [6.45, 7) is 0.959. The first-order chi connectivity index (χ1) is 23.5. The zero-order valence-electron chi connectivity index (χ0n) is 27.3. The molecule has 0 aromatic carbocycles. The van der Waals surface area contributed by atoms with Crippen LogP contribution in [-0.4, -0.2) is 211 Å². The minimum absolute atomic E-state index is 0.683. The van der Waals surface area contributed by atoms with Gasteiger partial charge in [-0.3, -0.25) is 9.59 Å². The topological polar surface area (TPSA) is 345 Å². The summed E-state index contributed by atoms with van der Waals surface area (Å²) in [6, 6.07) is -3.08. The van der Waals surface area contributed by atoms with Crippen LogP contribution in [0.5, 0.6) is 0 Å². The van der Waals surface area contributed by atoms with E-state index in [0.717, 1.165) is 13.8 Å². The first kappa shape index (κ1) is 41.0. The highest BCUT2D eigenvalue weighted by atomic mass is 16.8. The van der Waals surface area contributed by atoms with E-state index in [1.165, 1.54) is 6.92 Å². The molecule has 0 bridgehead atoms. The Bertz CT molecular complexity index is 1130. The fraction of sp³-hybridized carbons (Fsp3) is 0.929. The smallest absolute Gasteiger partial charge is 0.217 e. The van der Waals surface area contributed by atoms with Gasteiger partial charge in [-0.1, -0.05) is 0 Å². The summed E-state index contributed by atoms with van der Waals surface area (Å²) in [7, 11) is 0. The van der Waals surface area contributed by atoms with Crippen molar-refractivity contribution >= 4 is 11.8 Å². The lowest BCUT2D eigenvalue weighted by molar-refractivity contribution is -0.384. The number of nitrogens with one attached hydrogen (secondary N) is 2. The van der Waals surface area contributed by atoms with Crippen molar-refractivity contribution in [3.05, 3.63) is 0 Å². The Balaban J connectivity index is 1.69. The molecule has 0 radical (unpaired) electrons. The van der Waals surface area contributed by atoms with E-state index < -0.39 is 154 Å². The van der Waals surface area contributed by atoms with Crippen LogP contribution in [-0.2, 0) is 42.7 Å². The number of hydrogen-bond donors (Lipinski definition) is 13. The fourth-order valence-corrected chi connectivity index (χ4v) is 6.27. The molecule has 4 heterocycles. The van der Waals surface area contributed by atoms with Gasteiger partial charge in [0.15, 0.2) is 25.2 Å². The van der Waals surface area contributed by atoms with Gasteiger partial charge in [-0.05, 0) is 6.92 Å². The summed E-state index contributed by atoms with van der Waals surface area (Å²) in [4.78, 5) is 24.4. The molecule has 4 rings (SSSR count). The molecule has 20 atom stereocenters. The SMILES string of the molecule is CC(=O)N[C@H]1[C@H](O[C@H]2[C@@H](O)[C@@H](CO)OC(O)[C@@H]2NC(C)=O)O[C@H](CO)[C@@H](O)[C@@H]1O[C@@H]1O[C@H](CO)[C@H](O)[C@H](O)[C@H]1O[C@@H]1O[C@@H](C)[C@@H](O)[C@@H](O)[C@@H]1O. The number of carbonyl (C=O) groups is 2. The number of aliphatic hydroxyl groups excluding tert-OH is 11. The Morgan fingerprint density at radius 3 is 1.54 bits per heavy atom. The molecule has 22 heteroatoms. The van der Waals surface area contributed by atoms with Crippen molar-refractivity contribution in [2.45, 2.75) is 143 Å². The Hall–Kier alpha value is -1.78. The highest BCUT2D eigenvalue weighted by Crippen LogP contribution is 2.34. The van der Waals surface area contributed by atoms with Crippen molar-refractivity contribution < 1.29 is 98.9 Å². The van der Waals surface area contributed by atoms with Crippen molar-refractivity contribution in [1.82, 2.24) is 10.6 Å². The van der Waals surface area contributed by atoms with Crippen LogP contribution in [0.4, 0.5) is 0 Å². The van der Waals surface area contributed by atoms with Crippen molar-refractivity contribution in [1.29, 1.82) is 0 Å². The van der Waals surface area contributed by atoms with E-state index >= 15 is 0 Å². The van der Waals surface area contributed by atoms with E-state index in [4.69, 9.17) is 33.2 Å². The zero-order valence-corrected chi connectivity index (χ0v) is 27.3. The minimum Gasteiger partial charge on any atom is -0.394 e. The number of rotatable bonds is 11. The van der Waals surface area contributed by atoms with Crippen LogP contribution in [0.15, 0.2) is 0 Å². The molecule has 22 nitrogen and oxygen atoms in total. The lowest BCUT2D eigenvalue weighted by Gasteiger charge is -2.50. The summed E-state index contributed by atoms with van der Waals surface area (Å²) in [5.41, 5.74) is 0. The third-order valence-electron chi connectivity index (χ3n) is 8.97. The van der Waals surface area contributed by atoms with Crippen LogP contribution in [0.2, 0.25) is 0 Å². The molecule has 0 aromatic heterocycles. The van der Waals surface area contributed by atoms with Gasteiger partial charge in [0.1, 0.15) is 91.4 Å². The molecule has 13 N–H and O–H groups in total. The summed E-state index contributed by atoms with van der Waals surface area (Å²) < 4.78 is 39.8. The van der Waals surface area contributed by atoms with Crippen LogP contribution in [0.25, 0.3) is 0 Å². The van der Waals surface area contributed by atoms with E-state index in [9.17, 15) is 65.8 Å². The van der Waals surface area contributed by atoms with Gasteiger partial charge < -0.3 is 100.0 Å². The van der Waals surface area contributed by atoms with Crippen LogP contribution >= 0.6 is 0 Å². The lowest BCUT2D eigenvalue weighted by Crippen LogP contribution is -2.71. The van der Waals surface area contributed by atoms with E-state index in [1.54, 1.807) is 0 Å². The fourth-order valence-electron chi connectivity index (χ4n) is 6.27. The molecular weight excluding hydrogens is 684 g/mol. The third kappa shape index (κ3) is 8.70. The third-order valence-corrected chi connectivity index (χ3v) is 8.97. The van der Waals surface area contributed by atoms with E-state index in [0.29, 0.717) is 0 Å². The van der Waals surface area contributed by atoms with Gasteiger partial charge in [-0.2, -0.15) is 0 Å². The van der Waals surface area contributed by atoms with E-state index in [1.807, 2.05) is 0 Å². The Kier molecular flexibility index (Phi) is 14.2. The molecule has 0 saturated carbocycles. The van der Waals surface area contributed by atoms with Gasteiger partial charge in [-0.15, -0.1) is 0 Å². The maximum atomic E-state index is 12.5. The quantitative estimate of drug-likeness (QED) is 0.0938. The zero-order chi connectivity index (χ0) is 37.2. The molecule has 2 amide bonds. The van der Waals surface area contributed by atoms with Crippen molar-refractivity contribution in [3.63, 3.8) is 0 Å². The first-order valence-electron chi connectivity index (χ1n) is 15.9. The number of ether oxygens (including phenoxy) is 7. The number of amides is 2. The van der Waals surface area contributed by atoms with Crippen molar-refractivity contribution in [2.75, 3.05) is 19.8 Å². The molecule has 4 saturated heterocycles. The molecule has 4 aliphatic rings. The van der Waals surface area contributed by atoms with Crippen molar-refractivity contribution in [2.24, 2.45) is 0 Å². The maximum absolute atomic E-state index is 12.5. The number of carbonyl (C=O) groups excluding carboxylic acids is 2. The molecule has 4 aliphatic heterocycles. The standard InChI is InChI=1S/C28H48N2O20/c1-7-15(36)19(40)21(42)27(44-7)50-24-20(41)16(37)10(4-31)47-28(24)49-23-14(30-9(3)35)26(46-12(6-33)18(23)39)48-22-13(29-8(2)34)25(43)45-11(5-32)17(22)38/h7,10-28,31-33,36-43H,4-6H2,1-3H3,(H,29,34)(H,30,35)/t7-,10+,11+,12+,13+,14+,15+,16-,17-,18+,19+,20-,21-,22+,23+,24+,25?,26-,27-,28-/m0/s1.